The molecule has 5 heteroatoms. The number of rotatable bonds is 10. The van der Waals surface area contributed by atoms with Gasteiger partial charge in [-0.05, 0) is 51.1 Å². The quantitative estimate of drug-likeness (QED) is 0.511. The maximum atomic E-state index is 12.0. The Labute approximate surface area is 138 Å². The number of carbonyl (C=O) groups is 2. The van der Waals surface area contributed by atoms with Crippen LogP contribution in [0.5, 0.6) is 0 Å². The molecule has 128 valence electrons. The molecule has 0 aliphatic rings. The summed E-state index contributed by atoms with van der Waals surface area (Å²) in [5.41, 5.74) is 7.90. The monoisotopic (exact) mass is 320 g/mol. The number of amides is 1. The van der Waals surface area contributed by atoms with Gasteiger partial charge < -0.3 is 15.8 Å². The summed E-state index contributed by atoms with van der Waals surface area (Å²) < 4.78 is 4.74. The Morgan fingerprint density at radius 2 is 1.87 bits per heavy atom. The fourth-order valence-corrected chi connectivity index (χ4v) is 2.36. The van der Waals surface area contributed by atoms with Gasteiger partial charge in [-0.2, -0.15) is 0 Å². The van der Waals surface area contributed by atoms with E-state index in [4.69, 9.17) is 10.5 Å². The number of benzene rings is 1. The van der Waals surface area contributed by atoms with Crippen molar-refractivity contribution >= 4 is 11.9 Å². The molecule has 1 rings (SSSR count). The fourth-order valence-electron chi connectivity index (χ4n) is 2.36. The molecule has 0 unspecified atom stereocenters. The summed E-state index contributed by atoms with van der Waals surface area (Å²) in [6.45, 7) is 2.63. The average molecular weight is 320 g/mol. The van der Waals surface area contributed by atoms with Crippen LogP contribution in [0.15, 0.2) is 24.3 Å². The molecule has 0 aliphatic carbocycles. The molecule has 0 heterocycles. The lowest BCUT2D eigenvalue weighted by molar-refractivity contribution is -0.145. The molecule has 0 radical (unpaired) electrons. The van der Waals surface area contributed by atoms with Crippen LogP contribution in [0.25, 0.3) is 0 Å². The number of esters is 1. The normalized spacial score (nSPS) is 11.8. The van der Waals surface area contributed by atoms with Gasteiger partial charge in [0.05, 0.1) is 7.11 Å². The number of unbranched alkanes of at least 4 members (excludes halogenated alkanes) is 1. The zero-order chi connectivity index (χ0) is 17.1. The van der Waals surface area contributed by atoms with Gasteiger partial charge in [-0.3, -0.25) is 4.79 Å². The van der Waals surface area contributed by atoms with Crippen LogP contribution in [0.3, 0.4) is 0 Å². The van der Waals surface area contributed by atoms with Crippen molar-refractivity contribution in [1.82, 2.24) is 5.32 Å². The maximum Gasteiger partial charge on any atom is 0.328 e. The van der Waals surface area contributed by atoms with Crippen LogP contribution in [0.4, 0.5) is 0 Å². The molecule has 1 amide bonds. The van der Waals surface area contributed by atoms with Gasteiger partial charge in [0.2, 0.25) is 5.91 Å². The van der Waals surface area contributed by atoms with E-state index >= 15 is 0 Å². The Morgan fingerprint density at radius 3 is 2.48 bits per heavy atom. The van der Waals surface area contributed by atoms with Gasteiger partial charge >= 0.3 is 5.97 Å². The molecule has 3 N–H and O–H groups in total. The van der Waals surface area contributed by atoms with E-state index in [1.807, 2.05) is 0 Å². The predicted molar refractivity (Wildman–Crippen MR) is 91.0 cm³/mol. The highest BCUT2D eigenvalue weighted by molar-refractivity contribution is 5.84. The Morgan fingerprint density at radius 1 is 1.17 bits per heavy atom. The molecule has 0 aliphatic heterocycles. The van der Waals surface area contributed by atoms with Crippen molar-refractivity contribution in [2.24, 2.45) is 5.73 Å². The summed E-state index contributed by atoms with van der Waals surface area (Å²) in [5.74, 6) is -0.505. The number of ether oxygens (including phenoxy) is 1. The third-order valence-electron chi connectivity index (χ3n) is 3.76. The Bertz CT molecular complexity index is 486. The first kappa shape index (κ1) is 19.2. The molecular weight excluding hydrogens is 292 g/mol. The van der Waals surface area contributed by atoms with Crippen molar-refractivity contribution in [1.29, 1.82) is 0 Å². The van der Waals surface area contributed by atoms with Crippen LogP contribution < -0.4 is 11.1 Å². The first-order chi connectivity index (χ1) is 11.1. The second-order valence-corrected chi connectivity index (χ2v) is 5.77. The van der Waals surface area contributed by atoms with Gasteiger partial charge in [0.15, 0.2) is 0 Å². The van der Waals surface area contributed by atoms with Crippen LogP contribution in [0.2, 0.25) is 0 Å². The van der Waals surface area contributed by atoms with Crippen LogP contribution in [-0.2, 0) is 20.7 Å². The SMILES string of the molecule is COC(=O)[C@H](CCCCN)NC(=O)CCCc1ccc(C)cc1. The van der Waals surface area contributed by atoms with Gasteiger partial charge in [-0.25, -0.2) is 4.79 Å². The zero-order valence-corrected chi connectivity index (χ0v) is 14.1. The summed E-state index contributed by atoms with van der Waals surface area (Å²) in [5, 5.41) is 2.77. The lowest BCUT2D eigenvalue weighted by Gasteiger charge is -2.16. The van der Waals surface area contributed by atoms with Crippen molar-refractivity contribution in [3.8, 4) is 0 Å². The number of hydrogen-bond acceptors (Lipinski definition) is 4. The van der Waals surface area contributed by atoms with Crippen molar-refractivity contribution in [2.45, 2.75) is 51.5 Å². The predicted octanol–water partition coefficient (Wildman–Crippen LogP) is 2.10. The zero-order valence-electron chi connectivity index (χ0n) is 14.1. The summed E-state index contributed by atoms with van der Waals surface area (Å²) in [4.78, 5) is 23.7. The minimum Gasteiger partial charge on any atom is -0.467 e. The van der Waals surface area contributed by atoms with Crippen LogP contribution in [-0.4, -0.2) is 31.6 Å². The summed E-state index contributed by atoms with van der Waals surface area (Å²) in [6.07, 6.45) is 4.19. The van der Waals surface area contributed by atoms with E-state index in [2.05, 4.69) is 36.5 Å². The third kappa shape index (κ3) is 7.79. The first-order valence-corrected chi connectivity index (χ1v) is 8.19. The number of nitrogens with two attached hydrogens (primary N) is 1. The highest BCUT2D eigenvalue weighted by Gasteiger charge is 2.20. The second-order valence-electron chi connectivity index (χ2n) is 5.77. The highest BCUT2D eigenvalue weighted by atomic mass is 16.5. The minimum absolute atomic E-state index is 0.111. The van der Waals surface area contributed by atoms with E-state index in [0.717, 1.165) is 25.7 Å². The molecule has 0 spiro atoms. The molecule has 0 fully saturated rings. The molecule has 1 aromatic carbocycles. The lowest BCUT2D eigenvalue weighted by atomic mass is 10.1. The summed E-state index contributed by atoms with van der Waals surface area (Å²) >= 11 is 0. The Kier molecular flexibility index (Phi) is 8.98. The molecule has 0 saturated carbocycles. The topological polar surface area (TPSA) is 81.4 Å². The van der Waals surface area contributed by atoms with Crippen molar-refractivity contribution in [2.75, 3.05) is 13.7 Å². The lowest BCUT2D eigenvalue weighted by Crippen LogP contribution is -2.41. The molecule has 1 atom stereocenters. The van der Waals surface area contributed by atoms with E-state index in [9.17, 15) is 9.59 Å². The number of hydrogen-bond donors (Lipinski definition) is 2. The molecule has 1 aromatic rings. The molecule has 5 nitrogen and oxygen atoms in total. The van der Waals surface area contributed by atoms with Crippen molar-refractivity contribution < 1.29 is 14.3 Å². The van der Waals surface area contributed by atoms with Crippen LogP contribution >= 0.6 is 0 Å². The van der Waals surface area contributed by atoms with E-state index in [1.54, 1.807) is 0 Å². The Hall–Kier alpha value is -1.88. The minimum atomic E-state index is -0.571. The van der Waals surface area contributed by atoms with Gasteiger partial charge in [0, 0.05) is 6.42 Å². The van der Waals surface area contributed by atoms with Gasteiger partial charge in [0.1, 0.15) is 6.04 Å². The van der Waals surface area contributed by atoms with Gasteiger partial charge in [-0.1, -0.05) is 29.8 Å². The molecule has 0 bridgehead atoms. The number of aryl methyl sites for hydroxylation is 2. The van der Waals surface area contributed by atoms with Crippen molar-refractivity contribution in [3.63, 3.8) is 0 Å². The smallest absolute Gasteiger partial charge is 0.328 e. The van der Waals surface area contributed by atoms with Crippen LogP contribution in [0.1, 0.15) is 43.2 Å². The fraction of sp³-hybridized carbons (Fsp3) is 0.556. The maximum absolute atomic E-state index is 12.0. The van der Waals surface area contributed by atoms with Crippen LogP contribution in [0, 0.1) is 6.92 Å². The van der Waals surface area contributed by atoms with E-state index < -0.39 is 12.0 Å². The standard InChI is InChI=1S/C18H28N2O3/c1-14-9-11-15(12-10-14)6-5-8-17(21)20-16(18(22)23-2)7-3-4-13-19/h9-12,16H,3-8,13,19H2,1-2H3,(H,20,21)/t16-/m0/s1. The van der Waals surface area contributed by atoms with Gasteiger partial charge in [0.25, 0.3) is 0 Å². The number of methoxy groups -OCH3 is 1. The molecule has 23 heavy (non-hydrogen) atoms. The van der Waals surface area contributed by atoms with E-state index in [0.29, 0.717) is 19.4 Å². The first-order valence-electron chi connectivity index (χ1n) is 8.19. The van der Waals surface area contributed by atoms with E-state index in [1.165, 1.54) is 18.2 Å². The summed E-state index contributed by atoms with van der Waals surface area (Å²) in [6, 6.07) is 7.73. The Balaban J connectivity index is 2.36. The van der Waals surface area contributed by atoms with Crippen molar-refractivity contribution in [3.05, 3.63) is 35.4 Å². The number of carbonyl (C=O) groups excluding carboxylic acids is 2. The van der Waals surface area contributed by atoms with Gasteiger partial charge in [-0.15, -0.1) is 0 Å². The third-order valence-corrected chi connectivity index (χ3v) is 3.76. The van der Waals surface area contributed by atoms with E-state index in [-0.39, 0.29) is 5.91 Å². The molecule has 0 saturated heterocycles. The average Bonchev–Trinajstić information content (AvgIpc) is 2.55. The molecule has 0 aromatic heterocycles. The summed E-state index contributed by atoms with van der Waals surface area (Å²) in [7, 11) is 1.34. The molecular formula is C18H28N2O3. The number of nitrogens with one attached hydrogen (secondary N) is 1. The highest BCUT2D eigenvalue weighted by Crippen LogP contribution is 2.08. The second kappa shape index (κ2) is 10.8. The largest absolute Gasteiger partial charge is 0.467 e.